The topological polar surface area (TPSA) is 60.6 Å². The number of rotatable bonds is 4. The lowest BCUT2D eigenvalue weighted by Gasteiger charge is -2.25. The number of likely N-dealkylation sites (tertiary alicyclic amines) is 1. The molecule has 28 heavy (non-hydrogen) atoms. The zero-order valence-electron chi connectivity index (χ0n) is 15.9. The molecule has 2 aliphatic heterocycles. The van der Waals surface area contributed by atoms with Crippen LogP contribution in [0.15, 0.2) is 47.0 Å². The summed E-state index contributed by atoms with van der Waals surface area (Å²) in [7, 11) is 0. The van der Waals surface area contributed by atoms with Crippen LogP contribution in [0.25, 0.3) is 11.4 Å². The van der Waals surface area contributed by atoms with Crippen molar-refractivity contribution in [3.63, 3.8) is 0 Å². The van der Waals surface area contributed by atoms with Gasteiger partial charge in [0, 0.05) is 11.6 Å². The molecule has 144 valence electrons. The minimum absolute atomic E-state index is 0.324. The number of aromatic nitrogens is 2. The van der Waals surface area contributed by atoms with E-state index >= 15 is 0 Å². The lowest BCUT2D eigenvalue weighted by atomic mass is 10.0. The molecule has 1 unspecified atom stereocenters. The van der Waals surface area contributed by atoms with Crippen molar-refractivity contribution in [3.8, 4) is 22.9 Å². The van der Waals surface area contributed by atoms with Crippen LogP contribution in [0.3, 0.4) is 0 Å². The number of fused-ring (bicyclic) bond motifs is 1. The van der Waals surface area contributed by atoms with E-state index in [1.165, 1.54) is 5.56 Å². The Morgan fingerprint density at radius 2 is 1.93 bits per heavy atom. The molecule has 6 nitrogen and oxygen atoms in total. The predicted octanol–water partition coefficient (Wildman–Crippen LogP) is 4.15. The van der Waals surface area contributed by atoms with Crippen LogP contribution in [0.5, 0.6) is 11.5 Å². The van der Waals surface area contributed by atoms with E-state index in [2.05, 4.69) is 40.2 Å². The highest BCUT2D eigenvalue weighted by Crippen LogP contribution is 2.38. The van der Waals surface area contributed by atoms with Gasteiger partial charge in [-0.05, 0) is 49.6 Å². The Bertz CT molecular complexity index is 985. The minimum Gasteiger partial charge on any atom is -0.486 e. The number of hydrogen-bond acceptors (Lipinski definition) is 6. The van der Waals surface area contributed by atoms with Crippen LogP contribution in [0, 0.1) is 6.92 Å². The summed E-state index contributed by atoms with van der Waals surface area (Å²) in [6, 6.07) is 14.7. The first kappa shape index (κ1) is 17.3. The summed E-state index contributed by atoms with van der Waals surface area (Å²) >= 11 is 0. The molecule has 1 fully saturated rings. The Hall–Kier alpha value is -2.86. The van der Waals surface area contributed by atoms with Crippen molar-refractivity contribution in [2.45, 2.75) is 32.4 Å². The fraction of sp³-hybridized carbons (Fsp3) is 0.364. The molecule has 1 atom stereocenters. The average Bonchev–Trinajstić information content (AvgIpc) is 3.38. The van der Waals surface area contributed by atoms with E-state index in [1.807, 2.05) is 24.3 Å². The van der Waals surface area contributed by atoms with Gasteiger partial charge in [0.05, 0.1) is 6.54 Å². The maximum Gasteiger partial charge on any atom is 0.241 e. The van der Waals surface area contributed by atoms with E-state index in [9.17, 15) is 0 Å². The molecule has 6 heteroatoms. The highest BCUT2D eigenvalue weighted by Gasteiger charge is 2.29. The Balaban J connectivity index is 1.35. The number of benzene rings is 2. The minimum atomic E-state index is 0.324. The molecule has 3 heterocycles. The first-order valence-electron chi connectivity index (χ1n) is 9.80. The first-order valence-corrected chi connectivity index (χ1v) is 9.80. The molecule has 0 amide bonds. The van der Waals surface area contributed by atoms with E-state index in [1.54, 1.807) is 0 Å². The summed E-state index contributed by atoms with van der Waals surface area (Å²) in [4.78, 5) is 7.04. The van der Waals surface area contributed by atoms with E-state index in [-0.39, 0.29) is 0 Å². The largest absolute Gasteiger partial charge is 0.486 e. The molecular formula is C22H23N3O3. The van der Waals surface area contributed by atoms with Crippen molar-refractivity contribution in [3.05, 3.63) is 59.5 Å². The fourth-order valence-electron chi connectivity index (χ4n) is 4.09. The summed E-state index contributed by atoms with van der Waals surface area (Å²) in [6.45, 7) is 4.94. The molecule has 0 radical (unpaired) electrons. The molecule has 0 bridgehead atoms. The summed E-state index contributed by atoms with van der Waals surface area (Å²) < 4.78 is 17.0. The second kappa shape index (κ2) is 7.28. The Morgan fingerprint density at radius 3 is 2.82 bits per heavy atom. The molecule has 1 saturated heterocycles. The summed E-state index contributed by atoms with van der Waals surface area (Å²) in [5.74, 6) is 2.99. The van der Waals surface area contributed by atoms with Crippen molar-refractivity contribution >= 4 is 0 Å². The molecule has 0 N–H and O–H groups in total. The molecule has 0 saturated carbocycles. The normalized spacial score (nSPS) is 19.1. The molecule has 2 aliphatic rings. The van der Waals surface area contributed by atoms with E-state index in [0.29, 0.717) is 37.5 Å². The van der Waals surface area contributed by atoms with Crippen LogP contribution in [-0.2, 0) is 6.54 Å². The van der Waals surface area contributed by atoms with Gasteiger partial charge in [-0.25, -0.2) is 0 Å². The Labute approximate surface area is 164 Å². The molecule has 1 aromatic heterocycles. The second-order valence-electron chi connectivity index (χ2n) is 7.36. The quantitative estimate of drug-likeness (QED) is 0.681. The zero-order valence-corrected chi connectivity index (χ0v) is 15.9. The summed E-state index contributed by atoms with van der Waals surface area (Å²) in [5, 5.41) is 4.20. The SMILES string of the molecule is Cc1ccccc1-c1noc(CN2CCCC2c2ccc3c(c2)OCCO3)n1. The van der Waals surface area contributed by atoms with Crippen molar-refractivity contribution < 1.29 is 14.0 Å². The molecule has 5 rings (SSSR count). The van der Waals surface area contributed by atoms with Gasteiger partial charge in [0.2, 0.25) is 11.7 Å². The van der Waals surface area contributed by atoms with Crippen LogP contribution in [0.1, 0.15) is 35.9 Å². The lowest BCUT2D eigenvalue weighted by Crippen LogP contribution is -2.23. The van der Waals surface area contributed by atoms with Crippen molar-refractivity contribution in [1.82, 2.24) is 15.0 Å². The maximum absolute atomic E-state index is 5.76. The number of nitrogens with zero attached hydrogens (tertiary/aromatic N) is 3. The number of ether oxygens (including phenoxy) is 2. The van der Waals surface area contributed by atoms with Gasteiger partial charge < -0.3 is 14.0 Å². The van der Waals surface area contributed by atoms with Gasteiger partial charge in [-0.2, -0.15) is 4.98 Å². The van der Waals surface area contributed by atoms with Crippen LogP contribution in [-0.4, -0.2) is 34.8 Å². The van der Waals surface area contributed by atoms with E-state index in [4.69, 9.17) is 14.0 Å². The van der Waals surface area contributed by atoms with E-state index in [0.717, 1.165) is 42.0 Å². The van der Waals surface area contributed by atoms with Crippen molar-refractivity contribution in [2.24, 2.45) is 0 Å². The Kier molecular flexibility index (Phi) is 4.49. The predicted molar refractivity (Wildman–Crippen MR) is 104 cm³/mol. The van der Waals surface area contributed by atoms with Gasteiger partial charge in [-0.3, -0.25) is 4.90 Å². The fourth-order valence-corrected chi connectivity index (χ4v) is 4.09. The van der Waals surface area contributed by atoms with Gasteiger partial charge in [0.25, 0.3) is 0 Å². The first-order chi connectivity index (χ1) is 13.8. The Morgan fingerprint density at radius 1 is 1.07 bits per heavy atom. The summed E-state index contributed by atoms with van der Waals surface area (Å²) in [5.41, 5.74) is 3.41. The third kappa shape index (κ3) is 3.24. The zero-order chi connectivity index (χ0) is 18.9. The van der Waals surface area contributed by atoms with Crippen LogP contribution in [0.4, 0.5) is 0 Å². The molecule has 0 aliphatic carbocycles. The lowest BCUT2D eigenvalue weighted by molar-refractivity contribution is 0.170. The second-order valence-corrected chi connectivity index (χ2v) is 7.36. The van der Waals surface area contributed by atoms with Gasteiger partial charge in [-0.1, -0.05) is 35.5 Å². The molecule has 2 aromatic carbocycles. The van der Waals surface area contributed by atoms with Crippen molar-refractivity contribution in [1.29, 1.82) is 0 Å². The monoisotopic (exact) mass is 377 g/mol. The van der Waals surface area contributed by atoms with Crippen LogP contribution in [0.2, 0.25) is 0 Å². The molecule has 3 aromatic rings. The van der Waals surface area contributed by atoms with Crippen LogP contribution < -0.4 is 9.47 Å². The van der Waals surface area contributed by atoms with Crippen molar-refractivity contribution in [2.75, 3.05) is 19.8 Å². The third-order valence-electron chi connectivity index (χ3n) is 5.51. The van der Waals surface area contributed by atoms with Crippen LogP contribution >= 0.6 is 0 Å². The highest BCUT2D eigenvalue weighted by atomic mass is 16.6. The van der Waals surface area contributed by atoms with Gasteiger partial charge in [0.15, 0.2) is 11.5 Å². The average molecular weight is 377 g/mol. The van der Waals surface area contributed by atoms with Gasteiger partial charge in [0.1, 0.15) is 13.2 Å². The smallest absolute Gasteiger partial charge is 0.241 e. The number of hydrogen-bond donors (Lipinski definition) is 0. The molecule has 0 spiro atoms. The molecular weight excluding hydrogens is 354 g/mol. The standard InChI is InChI=1S/C22H23N3O3/c1-15-5-2-3-6-17(15)22-23-21(28-24-22)14-25-10-4-7-18(25)16-8-9-19-20(13-16)27-12-11-26-19/h2-3,5-6,8-9,13,18H,4,7,10-12,14H2,1H3. The maximum atomic E-state index is 5.76. The third-order valence-corrected chi connectivity index (χ3v) is 5.51. The van der Waals surface area contributed by atoms with E-state index < -0.39 is 0 Å². The number of aryl methyl sites for hydroxylation is 1. The highest BCUT2D eigenvalue weighted by molar-refractivity contribution is 5.58. The van der Waals surface area contributed by atoms with Gasteiger partial charge in [-0.15, -0.1) is 0 Å². The summed E-state index contributed by atoms with van der Waals surface area (Å²) in [6.07, 6.45) is 2.26. The van der Waals surface area contributed by atoms with Gasteiger partial charge >= 0.3 is 0 Å².